The van der Waals surface area contributed by atoms with Gasteiger partial charge in [0.25, 0.3) is 0 Å². The van der Waals surface area contributed by atoms with Crippen molar-refractivity contribution in [1.29, 1.82) is 0 Å². The van der Waals surface area contributed by atoms with Crippen LogP contribution >= 0.6 is 0 Å². The van der Waals surface area contributed by atoms with E-state index in [1.807, 2.05) is 25.4 Å². The molecular formula is C26H30N4O2. The minimum atomic E-state index is -0.168. The van der Waals surface area contributed by atoms with E-state index < -0.39 is 0 Å². The molecule has 2 fully saturated rings. The highest BCUT2D eigenvalue weighted by Crippen LogP contribution is 2.39. The number of aryl methyl sites for hydroxylation is 1. The second-order valence-corrected chi connectivity index (χ2v) is 9.43. The first kappa shape index (κ1) is 21.0. The van der Waals surface area contributed by atoms with Gasteiger partial charge in [0.15, 0.2) is 11.6 Å². The lowest BCUT2D eigenvalue weighted by Crippen LogP contribution is -2.18. The Kier molecular flexibility index (Phi) is 5.64. The van der Waals surface area contributed by atoms with Crippen LogP contribution in [0.4, 0.5) is 0 Å². The predicted molar refractivity (Wildman–Crippen MR) is 122 cm³/mol. The molecule has 3 aromatic rings. The molecule has 32 heavy (non-hydrogen) atoms. The van der Waals surface area contributed by atoms with Crippen LogP contribution in [0.2, 0.25) is 0 Å². The normalized spacial score (nSPS) is 21.0. The molecule has 0 aromatic carbocycles. The Bertz CT molecular complexity index is 1120. The Hall–Kier alpha value is -2.86. The number of nitrogens with zero attached hydrogens (tertiary/aromatic N) is 4. The van der Waals surface area contributed by atoms with Crippen LogP contribution in [-0.2, 0) is 6.42 Å². The lowest BCUT2D eigenvalue weighted by molar-refractivity contribution is 0.0992. The molecule has 0 saturated heterocycles. The first-order valence-electron chi connectivity index (χ1n) is 11.7. The smallest absolute Gasteiger partial charge is 0.170 e. The largest absolute Gasteiger partial charge is 0.393 e. The summed E-state index contributed by atoms with van der Waals surface area (Å²) in [6.45, 7) is 3.99. The van der Waals surface area contributed by atoms with Crippen molar-refractivity contribution in [2.75, 3.05) is 0 Å². The molecule has 2 aliphatic carbocycles. The zero-order valence-electron chi connectivity index (χ0n) is 18.8. The molecule has 3 aromatic heterocycles. The number of aliphatic hydroxyl groups excluding tert-OH is 1. The average Bonchev–Trinajstić information content (AvgIpc) is 3.57. The van der Waals surface area contributed by atoms with Crippen molar-refractivity contribution in [3.8, 4) is 5.82 Å². The second kappa shape index (κ2) is 8.58. The summed E-state index contributed by atoms with van der Waals surface area (Å²) in [6.07, 6.45) is 11.7. The van der Waals surface area contributed by atoms with Crippen LogP contribution in [0.1, 0.15) is 88.8 Å². The second-order valence-electron chi connectivity index (χ2n) is 9.43. The number of hydrogen-bond acceptors (Lipinski definition) is 5. The van der Waals surface area contributed by atoms with E-state index in [4.69, 9.17) is 4.98 Å². The van der Waals surface area contributed by atoms with Crippen molar-refractivity contribution in [2.45, 2.75) is 76.7 Å². The molecule has 0 bridgehead atoms. The monoisotopic (exact) mass is 430 g/mol. The Morgan fingerprint density at radius 3 is 2.41 bits per heavy atom. The molecule has 0 aliphatic heterocycles. The average molecular weight is 431 g/mol. The van der Waals surface area contributed by atoms with Crippen LogP contribution in [0.3, 0.4) is 0 Å². The number of rotatable bonds is 6. The number of Topliss-reactive ketones (excluding diaryl/α,β-unsaturated/α-hetero) is 1. The van der Waals surface area contributed by atoms with Gasteiger partial charge in [0.05, 0.1) is 23.6 Å². The maximum absolute atomic E-state index is 13.0. The summed E-state index contributed by atoms with van der Waals surface area (Å²) in [5.74, 6) is 1.85. The van der Waals surface area contributed by atoms with E-state index in [0.717, 1.165) is 54.0 Å². The van der Waals surface area contributed by atoms with Crippen LogP contribution in [0.15, 0.2) is 36.8 Å². The molecule has 6 heteroatoms. The molecule has 0 atom stereocenters. The first-order chi connectivity index (χ1) is 15.5. The van der Waals surface area contributed by atoms with Gasteiger partial charge in [0.1, 0.15) is 0 Å². The third-order valence-corrected chi connectivity index (χ3v) is 6.97. The third kappa shape index (κ3) is 4.24. The maximum atomic E-state index is 13.0. The molecule has 0 spiro atoms. The fourth-order valence-corrected chi connectivity index (χ4v) is 4.89. The van der Waals surface area contributed by atoms with Crippen LogP contribution in [0.5, 0.6) is 0 Å². The molecule has 0 radical (unpaired) electrons. The van der Waals surface area contributed by atoms with Crippen LogP contribution in [-0.4, -0.2) is 36.7 Å². The van der Waals surface area contributed by atoms with Gasteiger partial charge in [0, 0.05) is 30.4 Å². The summed E-state index contributed by atoms with van der Waals surface area (Å²) >= 11 is 0. The Morgan fingerprint density at radius 1 is 1.00 bits per heavy atom. The first-order valence-corrected chi connectivity index (χ1v) is 11.7. The zero-order valence-corrected chi connectivity index (χ0v) is 18.8. The van der Waals surface area contributed by atoms with Crippen molar-refractivity contribution in [3.63, 3.8) is 0 Å². The van der Waals surface area contributed by atoms with Crippen molar-refractivity contribution < 1.29 is 9.90 Å². The van der Waals surface area contributed by atoms with E-state index in [-0.39, 0.29) is 11.9 Å². The van der Waals surface area contributed by atoms with Gasteiger partial charge in [-0.1, -0.05) is 12.1 Å². The van der Waals surface area contributed by atoms with Crippen molar-refractivity contribution in [3.05, 3.63) is 70.4 Å². The number of carbonyl (C=O) groups excluding carboxylic acids is 1. The molecular weight excluding hydrogens is 400 g/mol. The maximum Gasteiger partial charge on any atom is 0.170 e. The number of carbonyl (C=O) groups is 1. The number of aromatic nitrogens is 4. The van der Waals surface area contributed by atoms with E-state index in [1.54, 1.807) is 10.9 Å². The molecule has 166 valence electrons. The van der Waals surface area contributed by atoms with Gasteiger partial charge in [-0.05, 0) is 81.0 Å². The SMILES string of the molecule is Cc1cc(CC(=O)c2cnn(-c3ccc(C4CC4)cn3)c2C)cnc1C1CCC(O)CC1. The van der Waals surface area contributed by atoms with Gasteiger partial charge < -0.3 is 5.11 Å². The fraction of sp³-hybridized carbons (Fsp3) is 0.462. The zero-order chi connectivity index (χ0) is 22.2. The summed E-state index contributed by atoms with van der Waals surface area (Å²) in [7, 11) is 0. The van der Waals surface area contributed by atoms with Crippen LogP contribution < -0.4 is 0 Å². The summed E-state index contributed by atoms with van der Waals surface area (Å²) in [5.41, 5.74) is 5.88. The Morgan fingerprint density at radius 2 is 1.75 bits per heavy atom. The molecule has 6 nitrogen and oxygen atoms in total. The fourth-order valence-electron chi connectivity index (χ4n) is 4.89. The quantitative estimate of drug-likeness (QED) is 0.578. The van der Waals surface area contributed by atoms with E-state index in [2.05, 4.69) is 29.1 Å². The molecule has 3 heterocycles. The molecule has 2 aliphatic rings. The van der Waals surface area contributed by atoms with Gasteiger partial charge in [0.2, 0.25) is 0 Å². The standard InChI is InChI=1S/C26H30N4O2/c1-16-11-18(13-28-26(16)20-5-8-22(31)9-6-20)12-24(32)23-15-29-30(17(23)2)25-10-7-21(14-27-25)19-3-4-19/h7,10-11,13-15,19-20,22,31H,3-6,8-9,12H2,1-2H3. The highest BCUT2D eigenvalue weighted by atomic mass is 16.3. The topological polar surface area (TPSA) is 80.9 Å². The molecule has 2 saturated carbocycles. The van der Waals surface area contributed by atoms with Crippen molar-refractivity contribution >= 4 is 5.78 Å². The number of aliphatic hydroxyl groups is 1. The van der Waals surface area contributed by atoms with Gasteiger partial charge in [-0.3, -0.25) is 9.78 Å². The van der Waals surface area contributed by atoms with E-state index in [9.17, 15) is 9.90 Å². The van der Waals surface area contributed by atoms with E-state index in [0.29, 0.717) is 23.8 Å². The van der Waals surface area contributed by atoms with Crippen molar-refractivity contribution in [2.24, 2.45) is 0 Å². The van der Waals surface area contributed by atoms with E-state index >= 15 is 0 Å². The predicted octanol–water partition coefficient (Wildman–Crippen LogP) is 4.60. The number of hydrogen-bond donors (Lipinski definition) is 1. The molecule has 1 N–H and O–H groups in total. The van der Waals surface area contributed by atoms with Gasteiger partial charge in [-0.2, -0.15) is 5.10 Å². The van der Waals surface area contributed by atoms with Gasteiger partial charge in [-0.25, -0.2) is 9.67 Å². The van der Waals surface area contributed by atoms with E-state index in [1.165, 1.54) is 18.4 Å². The minimum absolute atomic E-state index is 0.0399. The lowest BCUT2D eigenvalue weighted by atomic mass is 9.83. The Labute approximate surface area is 188 Å². The highest BCUT2D eigenvalue weighted by molar-refractivity contribution is 5.98. The Balaban J connectivity index is 1.29. The van der Waals surface area contributed by atoms with Crippen molar-refractivity contribution in [1.82, 2.24) is 19.7 Å². The third-order valence-electron chi connectivity index (χ3n) is 6.97. The van der Waals surface area contributed by atoms with Crippen LogP contribution in [0, 0.1) is 13.8 Å². The molecule has 5 rings (SSSR count). The summed E-state index contributed by atoms with van der Waals surface area (Å²) in [4.78, 5) is 22.3. The van der Waals surface area contributed by atoms with Gasteiger partial charge >= 0.3 is 0 Å². The minimum Gasteiger partial charge on any atom is -0.393 e. The highest BCUT2D eigenvalue weighted by Gasteiger charge is 2.25. The lowest BCUT2D eigenvalue weighted by Gasteiger charge is -2.26. The molecule has 0 amide bonds. The van der Waals surface area contributed by atoms with Gasteiger partial charge in [-0.15, -0.1) is 0 Å². The molecule has 0 unspecified atom stereocenters. The summed E-state index contributed by atoms with van der Waals surface area (Å²) in [5, 5.41) is 14.2. The summed E-state index contributed by atoms with van der Waals surface area (Å²) in [6, 6.07) is 6.19. The van der Waals surface area contributed by atoms with Crippen LogP contribution in [0.25, 0.3) is 5.82 Å². The number of ketones is 1. The summed E-state index contributed by atoms with van der Waals surface area (Å²) < 4.78 is 1.74. The number of pyridine rings is 2.